The Hall–Kier alpha value is -3.32. The van der Waals surface area contributed by atoms with E-state index in [0.29, 0.717) is 10.7 Å². The molecule has 0 saturated carbocycles. The summed E-state index contributed by atoms with van der Waals surface area (Å²) in [6, 6.07) is 12.5. The van der Waals surface area contributed by atoms with Crippen LogP contribution in [0.4, 0.5) is 29.5 Å². The number of benzene rings is 2. The average molecular weight is 589 g/mol. The number of rotatable bonds is 6. The molecule has 1 amide bonds. The van der Waals surface area contributed by atoms with Crippen molar-refractivity contribution in [2.75, 3.05) is 37.2 Å². The summed E-state index contributed by atoms with van der Waals surface area (Å²) in [7, 11) is 0. The first-order valence-electron chi connectivity index (χ1n) is 10.9. The molecule has 38 heavy (non-hydrogen) atoms. The van der Waals surface area contributed by atoms with E-state index in [1.807, 2.05) is 0 Å². The van der Waals surface area contributed by atoms with Gasteiger partial charge in [0.2, 0.25) is 12.2 Å². The molecule has 0 unspecified atom stereocenters. The van der Waals surface area contributed by atoms with Gasteiger partial charge >= 0.3 is 12.1 Å². The standard InChI is InChI=1S/C19H11Cl2F3N2O3S.C5H10N2O/c20-9-6-7-11(12(21)8-9)14(27)16-13(25)15(29-18(28)19(22,23)24)17(30-16)26-10-4-2-1-3-5-10;8-5-7-3-1-6-2-4-7/h1-8,26H,25H2;5-6H,1-4H2. The number of amides is 1. The number of piperazine rings is 1. The third kappa shape index (κ3) is 7.60. The number of nitrogens with zero attached hydrogens (tertiary/aromatic N) is 1. The van der Waals surface area contributed by atoms with Crippen molar-refractivity contribution >= 4 is 69.1 Å². The van der Waals surface area contributed by atoms with Crippen LogP contribution in [0.1, 0.15) is 15.2 Å². The lowest BCUT2D eigenvalue weighted by atomic mass is 10.1. The molecule has 4 rings (SSSR count). The zero-order valence-corrected chi connectivity index (χ0v) is 21.8. The van der Waals surface area contributed by atoms with Crippen molar-refractivity contribution in [1.29, 1.82) is 0 Å². The monoisotopic (exact) mass is 588 g/mol. The van der Waals surface area contributed by atoms with E-state index in [4.69, 9.17) is 28.9 Å². The highest BCUT2D eigenvalue weighted by Crippen LogP contribution is 2.46. The predicted molar refractivity (Wildman–Crippen MR) is 141 cm³/mol. The number of halogens is 5. The fourth-order valence-electron chi connectivity index (χ4n) is 3.17. The average Bonchev–Trinajstić information content (AvgIpc) is 3.19. The molecule has 3 aromatic rings. The first-order chi connectivity index (χ1) is 18.0. The van der Waals surface area contributed by atoms with E-state index in [1.54, 1.807) is 35.2 Å². The third-order valence-electron chi connectivity index (χ3n) is 5.04. The number of thiophene rings is 1. The van der Waals surface area contributed by atoms with E-state index in [-0.39, 0.29) is 20.5 Å². The van der Waals surface area contributed by atoms with Crippen LogP contribution in [0.25, 0.3) is 0 Å². The third-order valence-corrected chi connectivity index (χ3v) is 6.69. The summed E-state index contributed by atoms with van der Waals surface area (Å²) < 4.78 is 42.6. The van der Waals surface area contributed by atoms with Gasteiger partial charge in [0.05, 0.1) is 10.7 Å². The predicted octanol–water partition coefficient (Wildman–Crippen LogP) is 5.13. The molecule has 1 saturated heterocycles. The number of para-hydroxylation sites is 1. The molecule has 4 N–H and O–H groups in total. The zero-order chi connectivity index (χ0) is 27.9. The number of nitrogen functional groups attached to an aromatic ring is 1. The fraction of sp³-hybridized carbons (Fsp3) is 0.208. The lowest BCUT2D eigenvalue weighted by Crippen LogP contribution is -2.42. The molecule has 0 radical (unpaired) electrons. The van der Waals surface area contributed by atoms with Gasteiger partial charge in [0.25, 0.3) is 0 Å². The van der Waals surface area contributed by atoms with Crippen molar-refractivity contribution in [3.05, 3.63) is 69.0 Å². The lowest BCUT2D eigenvalue weighted by Gasteiger charge is -2.22. The van der Waals surface area contributed by atoms with E-state index in [2.05, 4.69) is 15.4 Å². The van der Waals surface area contributed by atoms with Gasteiger partial charge in [-0.05, 0) is 30.3 Å². The normalized spacial score (nSPS) is 13.2. The Morgan fingerprint density at radius 2 is 1.76 bits per heavy atom. The van der Waals surface area contributed by atoms with E-state index in [9.17, 15) is 27.6 Å². The van der Waals surface area contributed by atoms with Crippen LogP contribution in [0.3, 0.4) is 0 Å². The summed E-state index contributed by atoms with van der Waals surface area (Å²) >= 11 is 12.6. The van der Waals surface area contributed by atoms with Gasteiger partial charge < -0.3 is 26.0 Å². The lowest BCUT2D eigenvalue weighted by molar-refractivity contribution is -0.189. The number of alkyl halides is 3. The van der Waals surface area contributed by atoms with Crippen molar-refractivity contribution in [2.24, 2.45) is 0 Å². The molecule has 1 aromatic heterocycles. The maximum Gasteiger partial charge on any atom is 0.491 e. The van der Waals surface area contributed by atoms with E-state index in [1.165, 1.54) is 18.2 Å². The number of anilines is 3. The highest BCUT2D eigenvalue weighted by Gasteiger charge is 2.42. The van der Waals surface area contributed by atoms with Crippen LogP contribution in [0.15, 0.2) is 48.5 Å². The Kier molecular flexibility index (Phi) is 9.97. The molecule has 0 aliphatic carbocycles. The van der Waals surface area contributed by atoms with Crippen LogP contribution in [-0.4, -0.2) is 55.4 Å². The van der Waals surface area contributed by atoms with E-state index < -0.39 is 29.4 Å². The minimum atomic E-state index is -5.25. The van der Waals surface area contributed by atoms with Crippen molar-refractivity contribution in [1.82, 2.24) is 10.2 Å². The molecule has 2 heterocycles. The van der Waals surface area contributed by atoms with Crippen LogP contribution < -0.4 is 21.1 Å². The van der Waals surface area contributed by atoms with E-state index in [0.717, 1.165) is 43.9 Å². The number of esters is 1. The zero-order valence-electron chi connectivity index (χ0n) is 19.5. The van der Waals surface area contributed by atoms with Crippen molar-refractivity contribution in [3.8, 4) is 5.75 Å². The van der Waals surface area contributed by atoms with Crippen LogP contribution in [0.2, 0.25) is 10.0 Å². The Morgan fingerprint density at radius 3 is 2.32 bits per heavy atom. The first kappa shape index (κ1) is 29.2. The van der Waals surface area contributed by atoms with Crippen LogP contribution >= 0.6 is 34.5 Å². The Labute approximate surface area is 229 Å². The van der Waals surface area contributed by atoms with Gasteiger partial charge in [-0.25, -0.2) is 4.79 Å². The summed E-state index contributed by atoms with van der Waals surface area (Å²) in [6.07, 6.45) is -4.34. The molecule has 1 aliphatic rings. The molecular formula is C24H21Cl2F3N4O4S. The second-order valence-corrected chi connectivity index (χ2v) is 9.59. The second-order valence-electron chi connectivity index (χ2n) is 7.73. The number of nitrogens with one attached hydrogen (secondary N) is 2. The molecule has 1 aliphatic heterocycles. The highest BCUT2D eigenvalue weighted by molar-refractivity contribution is 7.19. The summed E-state index contributed by atoms with van der Waals surface area (Å²) in [6.45, 7) is 3.62. The summed E-state index contributed by atoms with van der Waals surface area (Å²) in [4.78, 5) is 36.0. The summed E-state index contributed by atoms with van der Waals surface area (Å²) in [5.41, 5.74) is 5.99. The van der Waals surface area contributed by atoms with Gasteiger partial charge in [-0.2, -0.15) is 13.2 Å². The molecule has 0 spiro atoms. The molecule has 2 aromatic carbocycles. The van der Waals surface area contributed by atoms with Gasteiger partial charge in [-0.1, -0.05) is 41.4 Å². The molecule has 14 heteroatoms. The number of hydrogen-bond acceptors (Lipinski definition) is 8. The van der Waals surface area contributed by atoms with Crippen LogP contribution in [0.5, 0.6) is 5.75 Å². The minimum Gasteiger partial charge on any atom is -0.414 e. The number of carbonyl (C=O) groups excluding carboxylic acids is 3. The summed E-state index contributed by atoms with van der Waals surface area (Å²) in [5.74, 6) is -3.73. The largest absolute Gasteiger partial charge is 0.491 e. The first-order valence-corrected chi connectivity index (χ1v) is 12.5. The van der Waals surface area contributed by atoms with Gasteiger partial charge in [0, 0.05) is 42.5 Å². The van der Waals surface area contributed by atoms with Crippen molar-refractivity contribution < 1.29 is 32.3 Å². The van der Waals surface area contributed by atoms with E-state index >= 15 is 0 Å². The van der Waals surface area contributed by atoms with Crippen molar-refractivity contribution in [3.63, 3.8) is 0 Å². The smallest absolute Gasteiger partial charge is 0.414 e. The quantitative estimate of drug-likeness (QED) is 0.208. The number of nitrogens with two attached hydrogens (primary N) is 1. The van der Waals surface area contributed by atoms with Crippen LogP contribution in [-0.2, 0) is 9.59 Å². The van der Waals surface area contributed by atoms with Crippen LogP contribution in [0, 0.1) is 0 Å². The SMILES string of the molecule is Nc1c(C(=O)c2ccc(Cl)cc2Cl)sc(Nc2ccccc2)c1OC(=O)C(F)(F)F.O=CN1CCNCC1. The van der Waals surface area contributed by atoms with Crippen molar-refractivity contribution in [2.45, 2.75) is 6.18 Å². The Morgan fingerprint density at radius 1 is 1.11 bits per heavy atom. The maximum absolute atomic E-state index is 12.9. The number of ether oxygens (including phenoxy) is 1. The molecule has 202 valence electrons. The topological polar surface area (TPSA) is 114 Å². The number of hydrogen-bond donors (Lipinski definition) is 3. The molecule has 0 bridgehead atoms. The molecule has 1 fully saturated rings. The van der Waals surface area contributed by atoms with Gasteiger partial charge in [-0.15, -0.1) is 11.3 Å². The number of carbonyl (C=O) groups is 3. The number of ketones is 1. The Balaban J connectivity index is 0.000000427. The second kappa shape index (κ2) is 13.0. The molecule has 0 atom stereocenters. The Bertz CT molecular complexity index is 1300. The fourth-order valence-corrected chi connectivity index (χ4v) is 4.68. The molecular weight excluding hydrogens is 568 g/mol. The van der Waals surface area contributed by atoms with Gasteiger partial charge in [-0.3, -0.25) is 9.59 Å². The summed E-state index contributed by atoms with van der Waals surface area (Å²) in [5, 5.41) is 6.23. The van der Waals surface area contributed by atoms with Gasteiger partial charge in [0.1, 0.15) is 9.88 Å². The maximum atomic E-state index is 12.9. The van der Waals surface area contributed by atoms with Gasteiger partial charge in [0.15, 0.2) is 5.75 Å². The molecule has 8 nitrogen and oxygen atoms in total. The highest BCUT2D eigenvalue weighted by atomic mass is 35.5. The minimum absolute atomic E-state index is 0.0340.